The summed E-state index contributed by atoms with van der Waals surface area (Å²) in [6.45, 7) is 8.63. The third kappa shape index (κ3) is 3.35. The average molecular weight is 220 g/mol. The molecule has 0 saturated carbocycles. The van der Waals surface area contributed by atoms with Gasteiger partial charge in [0.05, 0.1) is 23.7 Å². The smallest absolute Gasteiger partial charge is 0.0957 e. The highest BCUT2D eigenvalue weighted by Crippen LogP contribution is 2.17. The Hall–Kier alpha value is -1.35. The van der Waals surface area contributed by atoms with E-state index in [-0.39, 0.29) is 0 Å². The van der Waals surface area contributed by atoms with Crippen LogP contribution in [0.25, 0.3) is 0 Å². The number of aromatic nitrogens is 1. The second-order valence-corrected chi connectivity index (χ2v) is 4.18. The zero-order chi connectivity index (χ0) is 12.1. The molecule has 1 N–H and O–H groups in total. The molecule has 1 aromatic heterocycles. The van der Waals surface area contributed by atoms with Crippen LogP contribution in [0.1, 0.15) is 32.1 Å². The minimum Gasteiger partial charge on any atom is -0.387 e. The van der Waals surface area contributed by atoms with Gasteiger partial charge in [-0.15, -0.1) is 0 Å². The van der Waals surface area contributed by atoms with Gasteiger partial charge in [-0.05, 0) is 25.5 Å². The van der Waals surface area contributed by atoms with Gasteiger partial charge in [-0.1, -0.05) is 19.1 Å². The van der Waals surface area contributed by atoms with Gasteiger partial charge in [-0.25, -0.2) is 0 Å². The number of nitrogens with zero attached hydrogens (tertiary/aromatic N) is 2. The van der Waals surface area contributed by atoms with Crippen molar-refractivity contribution in [3.05, 3.63) is 36.2 Å². The van der Waals surface area contributed by atoms with Crippen LogP contribution in [-0.4, -0.2) is 23.7 Å². The molecular formula is C13H20N2O. The predicted octanol–water partition coefficient (Wildman–Crippen LogP) is 2.54. The Morgan fingerprint density at radius 2 is 2.25 bits per heavy atom. The second kappa shape index (κ2) is 5.66. The van der Waals surface area contributed by atoms with E-state index in [2.05, 4.69) is 16.5 Å². The van der Waals surface area contributed by atoms with E-state index in [1.807, 2.05) is 33.0 Å². The Morgan fingerprint density at radius 3 is 2.69 bits per heavy atom. The molecule has 0 radical (unpaired) electrons. The van der Waals surface area contributed by atoms with Gasteiger partial charge < -0.3 is 10.0 Å². The molecule has 0 aromatic carbocycles. The fourth-order valence-corrected chi connectivity index (χ4v) is 1.53. The molecule has 0 saturated heterocycles. The van der Waals surface area contributed by atoms with Crippen molar-refractivity contribution < 1.29 is 5.11 Å². The molecular weight excluding hydrogens is 200 g/mol. The number of hydrogen-bond acceptors (Lipinski definition) is 3. The molecule has 0 fully saturated rings. The Bertz CT molecular complexity index is 345. The first kappa shape index (κ1) is 12.7. The second-order valence-electron chi connectivity index (χ2n) is 4.18. The molecule has 1 unspecified atom stereocenters. The summed E-state index contributed by atoms with van der Waals surface area (Å²) in [5.41, 5.74) is 2.88. The quantitative estimate of drug-likeness (QED) is 0.775. The molecule has 3 heteroatoms. The minimum absolute atomic E-state index is 0.458. The van der Waals surface area contributed by atoms with Crippen molar-refractivity contribution in [3.63, 3.8) is 0 Å². The molecule has 88 valence electrons. The van der Waals surface area contributed by atoms with Gasteiger partial charge in [0, 0.05) is 13.6 Å². The van der Waals surface area contributed by atoms with Gasteiger partial charge in [0.15, 0.2) is 0 Å². The van der Waals surface area contributed by atoms with Gasteiger partial charge >= 0.3 is 0 Å². The molecule has 0 bridgehead atoms. The SMILES string of the molecule is C=C(C)CN(C)c1ccc(C(O)CC)nc1. The molecule has 0 aliphatic heterocycles. The lowest BCUT2D eigenvalue weighted by atomic mass is 10.2. The summed E-state index contributed by atoms with van der Waals surface area (Å²) in [6.07, 6.45) is 2.02. The van der Waals surface area contributed by atoms with Gasteiger partial charge in [-0.2, -0.15) is 0 Å². The molecule has 3 nitrogen and oxygen atoms in total. The van der Waals surface area contributed by atoms with Gasteiger partial charge in [0.2, 0.25) is 0 Å². The maximum atomic E-state index is 9.61. The van der Waals surface area contributed by atoms with Crippen LogP contribution < -0.4 is 4.90 Å². The Balaban J connectivity index is 2.74. The number of hydrogen-bond donors (Lipinski definition) is 1. The summed E-state index contributed by atoms with van der Waals surface area (Å²) < 4.78 is 0. The Labute approximate surface area is 97.4 Å². The van der Waals surface area contributed by atoms with E-state index in [1.54, 1.807) is 6.20 Å². The normalized spacial score (nSPS) is 12.2. The van der Waals surface area contributed by atoms with Crippen LogP contribution in [0, 0.1) is 0 Å². The van der Waals surface area contributed by atoms with E-state index in [4.69, 9.17) is 0 Å². The van der Waals surface area contributed by atoms with Crippen LogP contribution in [0.15, 0.2) is 30.5 Å². The minimum atomic E-state index is -0.458. The Morgan fingerprint density at radius 1 is 1.56 bits per heavy atom. The van der Waals surface area contributed by atoms with Crippen molar-refractivity contribution in [3.8, 4) is 0 Å². The average Bonchev–Trinajstić information content (AvgIpc) is 2.27. The molecule has 0 aliphatic rings. The number of pyridine rings is 1. The molecule has 1 atom stereocenters. The van der Waals surface area contributed by atoms with Crippen molar-refractivity contribution in [1.29, 1.82) is 0 Å². The molecule has 0 aliphatic carbocycles. The standard InChI is InChI=1S/C13H20N2O/c1-5-13(16)12-7-6-11(8-14-12)15(4)9-10(2)3/h6-8,13,16H,2,5,9H2,1,3-4H3. The highest BCUT2D eigenvalue weighted by molar-refractivity contribution is 5.44. The van der Waals surface area contributed by atoms with E-state index < -0.39 is 6.10 Å². The Kier molecular flexibility index (Phi) is 4.50. The van der Waals surface area contributed by atoms with Gasteiger partial charge in [0.1, 0.15) is 0 Å². The first-order valence-corrected chi connectivity index (χ1v) is 5.54. The number of anilines is 1. The van der Waals surface area contributed by atoms with Crippen LogP contribution in [0.3, 0.4) is 0 Å². The summed E-state index contributed by atoms with van der Waals surface area (Å²) in [5, 5.41) is 9.61. The van der Waals surface area contributed by atoms with Crippen molar-refractivity contribution in [2.75, 3.05) is 18.5 Å². The number of likely N-dealkylation sites (N-methyl/N-ethyl adjacent to an activating group) is 1. The van der Waals surface area contributed by atoms with E-state index in [9.17, 15) is 5.11 Å². The zero-order valence-electron chi connectivity index (χ0n) is 10.3. The fourth-order valence-electron chi connectivity index (χ4n) is 1.53. The summed E-state index contributed by atoms with van der Waals surface area (Å²) >= 11 is 0. The summed E-state index contributed by atoms with van der Waals surface area (Å²) in [7, 11) is 2.00. The predicted molar refractivity (Wildman–Crippen MR) is 67.6 cm³/mol. The van der Waals surface area contributed by atoms with E-state index in [0.29, 0.717) is 6.42 Å². The number of aliphatic hydroxyl groups excluding tert-OH is 1. The molecule has 0 spiro atoms. The van der Waals surface area contributed by atoms with Crippen LogP contribution in [-0.2, 0) is 0 Å². The van der Waals surface area contributed by atoms with Crippen LogP contribution in [0.2, 0.25) is 0 Å². The lowest BCUT2D eigenvalue weighted by Gasteiger charge is -2.19. The first-order chi connectivity index (χ1) is 7.54. The topological polar surface area (TPSA) is 36.4 Å². The zero-order valence-corrected chi connectivity index (χ0v) is 10.3. The van der Waals surface area contributed by atoms with E-state index >= 15 is 0 Å². The van der Waals surface area contributed by atoms with Gasteiger partial charge in [0.25, 0.3) is 0 Å². The maximum Gasteiger partial charge on any atom is 0.0957 e. The highest BCUT2D eigenvalue weighted by atomic mass is 16.3. The molecule has 1 rings (SSSR count). The van der Waals surface area contributed by atoms with E-state index in [1.165, 1.54) is 0 Å². The number of aliphatic hydroxyl groups is 1. The summed E-state index contributed by atoms with van der Waals surface area (Å²) in [5.74, 6) is 0. The summed E-state index contributed by atoms with van der Waals surface area (Å²) in [6, 6.07) is 3.85. The lowest BCUT2D eigenvalue weighted by molar-refractivity contribution is 0.169. The van der Waals surface area contributed by atoms with Crippen LogP contribution in [0.4, 0.5) is 5.69 Å². The third-order valence-corrected chi connectivity index (χ3v) is 2.45. The maximum absolute atomic E-state index is 9.61. The molecule has 0 amide bonds. The fraction of sp³-hybridized carbons (Fsp3) is 0.462. The van der Waals surface area contributed by atoms with Crippen molar-refractivity contribution in [1.82, 2.24) is 4.98 Å². The van der Waals surface area contributed by atoms with E-state index in [0.717, 1.165) is 23.5 Å². The monoisotopic (exact) mass is 220 g/mol. The summed E-state index contributed by atoms with van der Waals surface area (Å²) in [4.78, 5) is 6.34. The van der Waals surface area contributed by atoms with Crippen LogP contribution in [0.5, 0.6) is 0 Å². The lowest BCUT2D eigenvalue weighted by Crippen LogP contribution is -2.19. The van der Waals surface area contributed by atoms with Gasteiger partial charge in [-0.3, -0.25) is 4.98 Å². The number of rotatable bonds is 5. The molecule has 16 heavy (non-hydrogen) atoms. The van der Waals surface area contributed by atoms with Crippen molar-refractivity contribution >= 4 is 5.69 Å². The molecule has 1 heterocycles. The van der Waals surface area contributed by atoms with Crippen molar-refractivity contribution in [2.24, 2.45) is 0 Å². The highest BCUT2D eigenvalue weighted by Gasteiger charge is 2.07. The third-order valence-electron chi connectivity index (χ3n) is 2.45. The van der Waals surface area contributed by atoms with Crippen molar-refractivity contribution in [2.45, 2.75) is 26.4 Å². The molecule has 1 aromatic rings. The largest absolute Gasteiger partial charge is 0.387 e. The first-order valence-electron chi connectivity index (χ1n) is 5.54. The van der Waals surface area contributed by atoms with Crippen LogP contribution >= 0.6 is 0 Å².